The van der Waals surface area contributed by atoms with Crippen molar-refractivity contribution in [1.82, 2.24) is 5.32 Å². The Morgan fingerprint density at radius 2 is 1.60 bits per heavy atom. The summed E-state index contributed by atoms with van der Waals surface area (Å²) in [6.45, 7) is 0. The van der Waals surface area contributed by atoms with Gasteiger partial charge in [0.05, 0.1) is 28.8 Å². The van der Waals surface area contributed by atoms with Crippen LogP contribution in [0.5, 0.6) is 0 Å². The Bertz CT molecular complexity index is 1350. The Hall–Kier alpha value is -2.91. The molecule has 1 amide bonds. The van der Waals surface area contributed by atoms with E-state index in [1.807, 2.05) is 0 Å². The normalized spacial score (nSPS) is 22.2. The molecule has 2 unspecified atom stereocenters. The number of carbonyl (C=O) groups is 1. The number of nitrogens with one attached hydrogen (secondary N) is 1. The van der Waals surface area contributed by atoms with E-state index in [-0.39, 0.29) is 24.1 Å². The molecule has 220 valence electrons. The molecule has 4 rings (SSSR count). The standard InChI is InChI=1S/C25H25F7N2O5S/c26-16-6-9-18(10-7-16)40(38,39)34-17(13-22(36)33-19-2-1-3-21(19)35)8-4-14-12-15(5-11-20(14)34)23(37,24(27,28)29)25(30,31)32/h5-7,9-12,17,19,21,35,37H,1-4,8,13H2,(H,33,36)/t17-,19?,21?/m0/s1. The van der Waals surface area contributed by atoms with Crippen LogP contribution in [-0.2, 0) is 26.8 Å². The Balaban J connectivity index is 1.77. The van der Waals surface area contributed by atoms with E-state index in [1.165, 1.54) is 0 Å². The third-order valence-corrected chi connectivity index (χ3v) is 9.13. The fourth-order valence-corrected chi connectivity index (χ4v) is 6.89. The number of amides is 1. The van der Waals surface area contributed by atoms with Crippen LogP contribution in [0.1, 0.15) is 43.2 Å². The topological polar surface area (TPSA) is 107 Å². The molecule has 1 aliphatic carbocycles. The molecule has 0 bridgehead atoms. The number of sulfonamides is 1. The number of anilines is 1. The van der Waals surface area contributed by atoms with E-state index in [9.17, 15) is 54.2 Å². The molecule has 1 heterocycles. The van der Waals surface area contributed by atoms with Gasteiger partial charge in [-0.25, -0.2) is 12.8 Å². The summed E-state index contributed by atoms with van der Waals surface area (Å²) in [5.41, 5.74) is -7.28. The zero-order chi connectivity index (χ0) is 29.7. The first-order valence-corrected chi connectivity index (χ1v) is 13.7. The minimum Gasteiger partial charge on any atom is -0.391 e. The summed E-state index contributed by atoms with van der Waals surface area (Å²) < 4.78 is 122. The minimum absolute atomic E-state index is 0.173. The van der Waals surface area contributed by atoms with E-state index >= 15 is 0 Å². The molecule has 2 aromatic rings. The van der Waals surface area contributed by atoms with Crippen molar-refractivity contribution in [2.45, 2.75) is 79.6 Å². The number of benzene rings is 2. The number of aryl methyl sites for hydroxylation is 1. The zero-order valence-corrected chi connectivity index (χ0v) is 21.5. The van der Waals surface area contributed by atoms with Gasteiger partial charge in [0.1, 0.15) is 5.82 Å². The number of alkyl halides is 6. The number of hydrogen-bond acceptors (Lipinski definition) is 5. The molecule has 40 heavy (non-hydrogen) atoms. The molecule has 15 heteroatoms. The molecule has 0 saturated heterocycles. The van der Waals surface area contributed by atoms with E-state index < -0.39 is 74.8 Å². The maximum Gasteiger partial charge on any atom is 0.430 e. The molecular formula is C25H25F7N2O5S. The van der Waals surface area contributed by atoms with Gasteiger partial charge in [-0.15, -0.1) is 0 Å². The summed E-state index contributed by atoms with van der Waals surface area (Å²) in [5, 5.41) is 22.5. The highest BCUT2D eigenvalue weighted by molar-refractivity contribution is 7.92. The second-order valence-electron chi connectivity index (χ2n) is 9.87. The molecular weight excluding hydrogens is 573 g/mol. The van der Waals surface area contributed by atoms with Gasteiger partial charge in [-0.2, -0.15) is 26.3 Å². The van der Waals surface area contributed by atoms with E-state index in [4.69, 9.17) is 0 Å². The van der Waals surface area contributed by atoms with Crippen molar-refractivity contribution in [2.24, 2.45) is 0 Å². The van der Waals surface area contributed by atoms with E-state index in [0.717, 1.165) is 34.6 Å². The monoisotopic (exact) mass is 598 g/mol. The summed E-state index contributed by atoms with van der Waals surface area (Å²) in [5.74, 6) is -1.37. The summed E-state index contributed by atoms with van der Waals surface area (Å²) in [4.78, 5) is 12.4. The van der Waals surface area contributed by atoms with Gasteiger partial charge in [0.2, 0.25) is 5.91 Å². The molecule has 0 radical (unpaired) electrons. The molecule has 3 atom stereocenters. The third kappa shape index (κ3) is 5.38. The highest BCUT2D eigenvalue weighted by Crippen LogP contribution is 2.51. The fraction of sp³-hybridized carbons (Fsp3) is 0.480. The predicted molar refractivity (Wildman–Crippen MR) is 127 cm³/mol. The number of carbonyl (C=O) groups excluding carboxylic acids is 1. The van der Waals surface area contributed by atoms with Gasteiger partial charge in [-0.1, -0.05) is 12.1 Å². The smallest absolute Gasteiger partial charge is 0.391 e. The zero-order valence-electron chi connectivity index (χ0n) is 20.6. The van der Waals surface area contributed by atoms with Crippen molar-refractivity contribution in [2.75, 3.05) is 4.31 Å². The SMILES string of the molecule is O=C(C[C@@H]1CCc2cc(C(O)(C(F)(F)F)C(F)(F)F)ccc2N1S(=O)(=O)c1ccc(F)cc1)NC1CCCC1O. The van der Waals surface area contributed by atoms with Crippen molar-refractivity contribution >= 4 is 21.6 Å². The first kappa shape index (κ1) is 30.1. The molecule has 1 fully saturated rings. The maximum absolute atomic E-state index is 13.7. The van der Waals surface area contributed by atoms with Crippen LogP contribution in [0.15, 0.2) is 47.4 Å². The van der Waals surface area contributed by atoms with Gasteiger partial charge in [0.25, 0.3) is 15.6 Å². The fourth-order valence-electron chi connectivity index (χ4n) is 5.17. The summed E-state index contributed by atoms with van der Waals surface area (Å²) in [7, 11) is -4.60. The van der Waals surface area contributed by atoms with Gasteiger partial charge >= 0.3 is 12.4 Å². The molecule has 0 aromatic heterocycles. The van der Waals surface area contributed by atoms with Gasteiger partial charge < -0.3 is 15.5 Å². The Labute approximate surface area is 224 Å². The Kier molecular flexibility index (Phi) is 7.88. The summed E-state index contributed by atoms with van der Waals surface area (Å²) in [6, 6.07) is 3.44. The van der Waals surface area contributed by atoms with Crippen LogP contribution in [0.4, 0.5) is 36.4 Å². The van der Waals surface area contributed by atoms with Crippen LogP contribution < -0.4 is 9.62 Å². The quantitative estimate of drug-likeness (QED) is 0.435. The number of halogens is 7. The van der Waals surface area contributed by atoms with Crippen LogP contribution in [0.3, 0.4) is 0 Å². The Morgan fingerprint density at radius 1 is 0.975 bits per heavy atom. The second kappa shape index (κ2) is 10.5. The van der Waals surface area contributed by atoms with Gasteiger partial charge in [-0.05, 0) is 68.0 Å². The van der Waals surface area contributed by atoms with Crippen molar-refractivity contribution < 1.29 is 54.2 Å². The minimum atomic E-state index is -6.14. The average Bonchev–Trinajstić information content (AvgIpc) is 3.25. The summed E-state index contributed by atoms with van der Waals surface area (Å²) in [6.07, 6.45) is -12.2. The summed E-state index contributed by atoms with van der Waals surface area (Å²) >= 11 is 0. The van der Waals surface area contributed by atoms with Crippen LogP contribution in [0.2, 0.25) is 0 Å². The van der Waals surface area contributed by atoms with Crippen LogP contribution >= 0.6 is 0 Å². The maximum atomic E-state index is 13.7. The third-order valence-electron chi connectivity index (χ3n) is 7.25. The molecule has 1 saturated carbocycles. The highest BCUT2D eigenvalue weighted by Gasteiger charge is 2.71. The van der Waals surface area contributed by atoms with Crippen LogP contribution in [0.25, 0.3) is 0 Å². The van der Waals surface area contributed by atoms with E-state index in [2.05, 4.69) is 5.32 Å². The molecule has 7 nitrogen and oxygen atoms in total. The van der Waals surface area contributed by atoms with Crippen molar-refractivity contribution in [3.05, 3.63) is 59.4 Å². The van der Waals surface area contributed by atoms with Gasteiger partial charge in [0.15, 0.2) is 0 Å². The average molecular weight is 599 g/mol. The number of rotatable bonds is 6. The molecule has 2 aliphatic rings. The number of aliphatic hydroxyl groups excluding tert-OH is 1. The molecule has 3 N–H and O–H groups in total. The van der Waals surface area contributed by atoms with Crippen molar-refractivity contribution in [3.63, 3.8) is 0 Å². The number of nitrogens with zero attached hydrogens (tertiary/aromatic N) is 1. The van der Waals surface area contributed by atoms with Crippen molar-refractivity contribution in [1.29, 1.82) is 0 Å². The lowest BCUT2D eigenvalue weighted by molar-refractivity contribution is -0.376. The first-order chi connectivity index (χ1) is 18.5. The van der Waals surface area contributed by atoms with Crippen LogP contribution in [0, 0.1) is 5.82 Å². The molecule has 0 spiro atoms. The largest absolute Gasteiger partial charge is 0.430 e. The van der Waals surface area contributed by atoms with Crippen LogP contribution in [-0.4, -0.2) is 55.1 Å². The van der Waals surface area contributed by atoms with E-state index in [1.54, 1.807) is 0 Å². The Morgan fingerprint density at radius 3 is 2.15 bits per heavy atom. The lowest BCUT2D eigenvalue weighted by atomic mass is 9.87. The second-order valence-corrected chi connectivity index (χ2v) is 11.7. The predicted octanol–water partition coefficient (Wildman–Crippen LogP) is 4.07. The lowest BCUT2D eigenvalue weighted by Gasteiger charge is -2.39. The van der Waals surface area contributed by atoms with E-state index in [0.29, 0.717) is 31.4 Å². The molecule has 2 aromatic carbocycles. The number of fused-ring (bicyclic) bond motifs is 1. The van der Waals surface area contributed by atoms with Gasteiger partial charge in [-0.3, -0.25) is 9.10 Å². The first-order valence-electron chi connectivity index (χ1n) is 12.2. The number of aliphatic hydroxyl groups is 2. The van der Waals surface area contributed by atoms with Crippen molar-refractivity contribution in [3.8, 4) is 0 Å². The number of hydrogen-bond donors (Lipinski definition) is 3. The lowest BCUT2D eigenvalue weighted by Crippen LogP contribution is -2.54. The molecule has 1 aliphatic heterocycles. The highest BCUT2D eigenvalue weighted by atomic mass is 32.2. The van der Waals surface area contributed by atoms with Gasteiger partial charge in [0, 0.05) is 12.0 Å².